The summed E-state index contributed by atoms with van der Waals surface area (Å²) in [6.45, 7) is 7.60. The lowest BCUT2D eigenvalue weighted by molar-refractivity contribution is 0.0945. The second-order valence-corrected chi connectivity index (χ2v) is 6.19. The van der Waals surface area contributed by atoms with Gasteiger partial charge < -0.3 is 20.4 Å². The van der Waals surface area contributed by atoms with Crippen LogP contribution in [0.25, 0.3) is 0 Å². The Morgan fingerprint density at radius 2 is 1.73 bits per heavy atom. The van der Waals surface area contributed by atoms with Gasteiger partial charge in [-0.25, -0.2) is 9.97 Å². The van der Waals surface area contributed by atoms with E-state index in [2.05, 4.69) is 51.5 Å². The van der Waals surface area contributed by atoms with Crippen LogP contribution in [-0.4, -0.2) is 61.0 Å². The Kier molecular flexibility index (Phi) is 7.35. The molecule has 0 bridgehead atoms. The molecule has 0 aliphatic rings. The van der Waals surface area contributed by atoms with Gasteiger partial charge in [0, 0.05) is 37.6 Å². The second kappa shape index (κ2) is 9.72. The third kappa shape index (κ3) is 5.70. The van der Waals surface area contributed by atoms with Crippen molar-refractivity contribution in [3.8, 4) is 0 Å². The van der Waals surface area contributed by atoms with Gasteiger partial charge in [0.15, 0.2) is 0 Å². The lowest BCUT2D eigenvalue weighted by Crippen LogP contribution is -2.31. The van der Waals surface area contributed by atoms with Gasteiger partial charge >= 0.3 is 0 Å². The molecule has 0 fully saturated rings. The van der Waals surface area contributed by atoms with Crippen molar-refractivity contribution in [2.45, 2.75) is 13.8 Å². The normalized spacial score (nSPS) is 10.7. The summed E-state index contributed by atoms with van der Waals surface area (Å²) in [5.74, 6) is 0.389. The summed E-state index contributed by atoms with van der Waals surface area (Å²) < 4.78 is 0. The number of amides is 1. The molecule has 1 aromatic carbocycles. The first kappa shape index (κ1) is 19.7. The van der Waals surface area contributed by atoms with Crippen LogP contribution in [0, 0.1) is 0 Å². The predicted octanol–water partition coefficient (Wildman–Crippen LogP) is 2.36. The largest absolute Gasteiger partial charge is 0.372 e. The van der Waals surface area contributed by atoms with Crippen LogP contribution in [0.3, 0.4) is 0 Å². The van der Waals surface area contributed by atoms with Gasteiger partial charge in [0.25, 0.3) is 5.91 Å². The molecule has 0 radical (unpaired) electrons. The van der Waals surface area contributed by atoms with Crippen molar-refractivity contribution in [1.29, 1.82) is 0 Å². The Labute approximate surface area is 155 Å². The number of nitrogens with one attached hydrogen (secondary N) is 2. The summed E-state index contributed by atoms with van der Waals surface area (Å²) >= 11 is 0. The van der Waals surface area contributed by atoms with Crippen molar-refractivity contribution in [3.63, 3.8) is 0 Å². The molecule has 140 valence electrons. The van der Waals surface area contributed by atoms with E-state index >= 15 is 0 Å². The molecule has 0 saturated carbocycles. The van der Waals surface area contributed by atoms with Gasteiger partial charge in [0.2, 0.25) is 0 Å². The Morgan fingerprint density at radius 3 is 2.27 bits per heavy atom. The van der Waals surface area contributed by atoms with Crippen LogP contribution in [0.1, 0.15) is 24.3 Å². The van der Waals surface area contributed by atoms with Crippen molar-refractivity contribution in [2.24, 2.45) is 0 Å². The topological polar surface area (TPSA) is 73.4 Å². The first-order valence-corrected chi connectivity index (χ1v) is 8.90. The smallest absolute Gasteiger partial charge is 0.271 e. The van der Waals surface area contributed by atoms with E-state index in [4.69, 9.17) is 0 Å². The number of nitrogens with zero attached hydrogens (tertiary/aromatic N) is 4. The lowest BCUT2D eigenvalue weighted by atomic mass is 10.2. The highest BCUT2D eigenvalue weighted by Crippen LogP contribution is 2.20. The van der Waals surface area contributed by atoms with Gasteiger partial charge in [-0.15, -0.1) is 0 Å². The lowest BCUT2D eigenvalue weighted by Gasteiger charge is -2.21. The molecule has 2 N–H and O–H groups in total. The summed E-state index contributed by atoms with van der Waals surface area (Å²) in [5.41, 5.74) is 2.43. The zero-order chi connectivity index (χ0) is 18.9. The van der Waals surface area contributed by atoms with Crippen molar-refractivity contribution in [2.75, 3.05) is 50.5 Å². The maximum Gasteiger partial charge on any atom is 0.271 e. The molecule has 0 saturated heterocycles. The molecule has 7 nitrogen and oxygen atoms in total. The van der Waals surface area contributed by atoms with E-state index in [1.807, 2.05) is 31.1 Å². The van der Waals surface area contributed by atoms with Crippen molar-refractivity contribution in [3.05, 3.63) is 42.4 Å². The van der Waals surface area contributed by atoms with Crippen LogP contribution in [0.2, 0.25) is 0 Å². The van der Waals surface area contributed by atoms with Gasteiger partial charge in [-0.05, 0) is 52.2 Å². The van der Waals surface area contributed by atoms with Gasteiger partial charge in [0.1, 0.15) is 11.5 Å². The van der Waals surface area contributed by atoms with Crippen LogP contribution in [0.4, 0.5) is 17.2 Å². The van der Waals surface area contributed by atoms with Crippen molar-refractivity contribution >= 4 is 23.1 Å². The Bertz CT molecular complexity index is 680. The number of hydrogen-bond donors (Lipinski definition) is 2. The van der Waals surface area contributed by atoms with Gasteiger partial charge in [-0.2, -0.15) is 0 Å². The molecule has 1 aromatic heterocycles. The standard InChI is InChI=1S/C19H28N6O/c1-5-25(6-2)16-9-7-15(8-10-16)23-18-14-21-17(13-22-18)19(26)20-11-12-24(3)4/h7-10,13-14H,5-6,11-12H2,1-4H3,(H,20,26)(H,22,23). The minimum absolute atomic E-state index is 0.213. The maximum atomic E-state index is 12.0. The Hall–Kier alpha value is -2.67. The first-order chi connectivity index (χ1) is 12.5. The van der Waals surface area contributed by atoms with Crippen LogP contribution in [0.5, 0.6) is 0 Å². The Morgan fingerprint density at radius 1 is 1.04 bits per heavy atom. The van der Waals surface area contributed by atoms with E-state index < -0.39 is 0 Å². The molecule has 7 heteroatoms. The van der Waals surface area contributed by atoms with E-state index in [-0.39, 0.29) is 5.91 Å². The number of benzene rings is 1. The van der Waals surface area contributed by atoms with Crippen LogP contribution >= 0.6 is 0 Å². The van der Waals surface area contributed by atoms with Gasteiger partial charge in [0.05, 0.1) is 12.4 Å². The van der Waals surface area contributed by atoms with Crippen LogP contribution in [0.15, 0.2) is 36.7 Å². The average Bonchev–Trinajstić information content (AvgIpc) is 2.64. The molecule has 1 amide bonds. The van der Waals surface area contributed by atoms with E-state index in [1.54, 1.807) is 6.20 Å². The number of aromatic nitrogens is 2. The minimum Gasteiger partial charge on any atom is -0.372 e. The third-order valence-corrected chi connectivity index (χ3v) is 4.00. The summed E-state index contributed by atoms with van der Waals surface area (Å²) in [6.07, 6.45) is 3.05. The molecular weight excluding hydrogens is 328 g/mol. The minimum atomic E-state index is -0.213. The van der Waals surface area contributed by atoms with Gasteiger partial charge in [-0.1, -0.05) is 0 Å². The summed E-state index contributed by atoms with van der Waals surface area (Å²) in [6, 6.07) is 8.18. The monoisotopic (exact) mass is 356 g/mol. The predicted molar refractivity (Wildman–Crippen MR) is 106 cm³/mol. The Balaban J connectivity index is 1.93. The second-order valence-electron chi connectivity index (χ2n) is 6.19. The van der Waals surface area contributed by atoms with E-state index in [1.165, 1.54) is 11.9 Å². The van der Waals surface area contributed by atoms with Crippen molar-refractivity contribution in [1.82, 2.24) is 20.2 Å². The number of carbonyl (C=O) groups is 1. The SMILES string of the molecule is CCN(CC)c1ccc(Nc2cnc(C(=O)NCCN(C)C)cn2)cc1. The molecule has 0 aliphatic carbocycles. The highest BCUT2D eigenvalue weighted by molar-refractivity contribution is 5.92. The van der Waals surface area contributed by atoms with E-state index in [9.17, 15) is 4.79 Å². The highest BCUT2D eigenvalue weighted by Gasteiger charge is 2.08. The molecule has 0 atom stereocenters. The fourth-order valence-electron chi connectivity index (χ4n) is 2.49. The number of carbonyl (C=O) groups excluding carboxylic acids is 1. The number of hydrogen-bond acceptors (Lipinski definition) is 6. The molecule has 2 rings (SSSR count). The molecule has 0 spiro atoms. The van der Waals surface area contributed by atoms with Crippen LogP contribution < -0.4 is 15.5 Å². The van der Waals surface area contributed by atoms with Crippen molar-refractivity contribution < 1.29 is 4.79 Å². The molecule has 1 heterocycles. The fourth-order valence-corrected chi connectivity index (χ4v) is 2.49. The highest BCUT2D eigenvalue weighted by atomic mass is 16.1. The van der Waals surface area contributed by atoms with E-state index in [0.717, 1.165) is 25.3 Å². The first-order valence-electron chi connectivity index (χ1n) is 8.90. The molecule has 0 unspecified atom stereocenters. The quantitative estimate of drug-likeness (QED) is 0.719. The number of likely N-dealkylation sites (N-methyl/N-ethyl adjacent to an activating group) is 1. The number of anilines is 3. The average molecular weight is 356 g/mol. The summed E-state index contributed by atoms with van der Waals surface area (Å²) in [7, 11) is 3.92. The summed E-state index contributed by atoms with van der Waals surface area (Å²) in [4.78, 5) is 24.7. The summed E-state index contributed by atoms with van der Waals surface area (Å²) in [5, 5.41) is 6.02. The van der Waals surface area contributed by atoms with Gasteiger partial charge in [-0.3, -0.25) is 4.79 Å². The molecular formula is C19H28N6O. The van der Waals surface area contributed by atoms with E-state index in [0.29, 0.717) is 18.1 Å². The fraction of sp³-hybridized carbons (Fsp3) is 0.421. The zero-order valence-corrected chi connectivity index (χ0v) is 16.0. The molecule has 2 aromatic rings. The zero-order valence-electron chi connectivity index (χ0n) is 16.0. The maximum absolute atomic E-state index is 12.0. The molecule has 0 aliphatic heterocycles. The molecule has 26 heavy (non-hydrogen) atoms. The third-order valence-electron chi connectivity index (χ3n) is 4.00. The van der Waals surface area contributed by atoms with Crippen LogP contribution in [-0.2, 0) is 0 Å². The number of rotatable bonds is 9.